The maximum atomic E-state index is 5.83. The van der Waals surface area contributed by atoms with E-state index < -0.39 is 0 Å². The van der Waals surface area contributed by atoms with E-state index in [1.54, 1.807) is 0 Å². The van der Waals surface area contributed by atoms with Gasteiger partial charge in [-0.05, 0) is 68.6 Å². The van der Waals surface area contributed by atoms with Gasteiger partial charge in [-0.15, -0.1) is 0 Å². The topological polar surface area (TPSA) is 51.8 Å². The van der Waals surface area contributed by atoms with E-state index in [1.165, 1.54) is 44.3 Å². The van der Waals surface area contributed by atoms with E-state index in [1.807, 2.05) is 24.8 Å². The molecule has 1 aromatic rings. The molecule has 0 aliphatic heterocycles. The Kier molecular flexibility index (Phi) is 2.99. The van der Waals surface area contributed by atoms with Crippen LogP contribution in [0.2, 0.25) is 0 Å². The lowest BCUT2D eigenvalue weighted by Gasteiger charge is -2.56. The van der Waals surface area contributed by atoms with E-state index in [9.17, 15) is 0 Å². The van der Waals surface area contributed by atoms with E-state index in [0.29, 0.717) is 11.2 Å². The van der Waals surface area contributed by atoms with Crippen LogP contribution in [0.5, 0.6) is 0 Å². The summed E-state index contributed by atoms with van der Waals surface area (Å²) in [5.74, 6) is 4.85. The Morgan fingerprint density at radius 3 is 2.30 bits per heavy atom. The number of aryl methyl sites for hydroxylation is 1. The summed E-state index contributed by atoms with van der Waals surface area (Å²) >= 11 is 1.83. The number of hydrogen-bond donors (Lipinski definition) is 1. The average molecular weight is 289 g/mol. The number of rotatable bonds is 3. The highest BCUT2D eigenvalue weighted by atomic mass is 32.2. The van der Waals surface area contributed by atoms with Gasteiger partial charge < -0.3 is 5.73 Å². The van der Waals surface area contributed by atoms with Gasteiger partial charge in [0.2, 0.25) is 0 Å². The number of anilines is 1. The fourth-order valence-corrected chi connectivity index (χ4v) is 6.48. The van der Waals surface area contributed by atoms with Crippen molar-refractivity contribution in [2.24, 2.45) is 23.2 Å². The molecule has 0 spiro atoms. The Hall–Kier alpha value is -0.770. The first kappa shape index (κ1) is 12.9. The van der Waals surface area contributed by atoms with Gasteiger partial charge in [0.15, 0.2) is 5.16 Å². The molecule has 4 fully saturated rings. The molecular weight excluding hydrogens is 266 g/mol. The molecule has 2 N–H and O–H groups in total. The monoisotopic (exact) mass is 289 g/mol. The maximum absolute atomic E-state index is 5.83. The molecule has 20 heavy (non-hydrogen) atoms. The van der Waals surface area contributed by atoms with Crippen LogP contribution in [0.15, 0.2) is 11.2 Å². The zero-order valence-corrected chi connectivity index (χ0v) is 13.0. The Morgan fingerprint density at radius 2 is 1.75 bits per heavy atom. The van der Waals surface area contributed by atoms with Gasteiger partial charge in [0.05, 0.1) is 0 Å². The number of hydrogen-bond acceptors (Lipinski definition) is 4. The molecule has 0 radical (unpaired) electrons. The van der Waals surface area contributed by atoms with Crippen molar-refractivity contribution >= 4 is 17.6 Å². The lowest BCUT2D eigenvalue weighted by Crippen LogP contribution is -2.47. The van der Waals surface area contributed by atoms with Crippen molar-refractivity contribution in [1.29, 1.82) is 0 Å². The zero-order chi connectivity index (χ0) is 13.7. The van der Waals surface area contributed by atoms with Gasteiger partial charge in [-0.3, -0.25) is 0 Å². The van der Waals surface area contributed by atoms with Crippen LogP contribution in [0, 0.1) is 30.1 Å². The highest BCUT2D eigenvalue weighted by Crippen LogP contribution is 2.61. The van der Waals surface area contributed by atoms with Gasteiger partial charge in [-0.1, -0.05) is 11.8 Å². The Balaban J connectivity index is 1.49. The molecule has 3 nitrogen and oxygen atoms in total. The second kappa shape index (κ2) is 4.62. The molecule has 0 atom stereocenters. The molecule has 0 saturated heterocycles. The Morgan fingerprint density at radius 1 is 1.15 bits per heavy atom. The first-order chi connectivity index (χ1) is 9.60. The minimum absolute atomic E-state index is 0.585. The smallest absolute Gasteiger partial charge is 0.189 e. The molecule has 4 bridgehead atoms. The largest absolute Gasteiger partial charge is 0.384 e. The first-order valence-electron chi connectivity index (χ1n) is 7.84. The predicted octanol–water partition coefficient (Wildman–Crippen LogP) is 3.68. The summed E-state index contributed by atoms with van der Waals surface area (Å²) < 4.78 is 0. The third-order valence-corrected chi connectivity index (χ3v) is 6.72. The maximum Gasteiger partial charge on any atom is 0.189 e. The van der Waals surface area contributed by atoms with Crippen LogP contribution in [0.25, 0.3) is 0 Å². The number of aromatic nitrogens is 2. The highest BCUT2D eigenvalue weighted by Gasteiger charge is 2.50. The third-order valence-electron chi connectivity index (χ3n) is 5.53. The third kappa shape index (κ3) is 2.32. The van der Waals surface area contributed by atoms with Crippen molar-refractivity contribution < 1.29 is 0 Å². The Labute approximate surface area is 125 Å². The van der Waals surface area contributed by atoms with Crippen LogP contribution in [0.4, 0.5) is 5.82 Å². The fraction of sp³-hybridized carbons (Fsp3) is 0.750. The number of thioether (sulfide) groups is 1. The predicted molar refractivity (Wildman–Crippen MR) is 82.5 cm³/mol. The van der Waals surface area contributed by atoms with Crippen LogP contribution in [0.1, 0.15) is 44.2 Å². The molecule has 0 amide bonds. The van der Waals surface area contributed by atoms with Gasteiger partial charge in [0, 0.05) is 17.5 Å². The average Bonchev–Trinajstić information content (AvgIpc) is 2.34. The van der Waals surface area contributed by atoms with E-state index in [-0.39, 0.29) is 0 Å². The van der Waals surface area contributed by atoms with Crippen molar-refractivity contribution in [3.63, 3.8) is 0 Å². The van der Waals surface area contributed by atoms with E-state index in [4.69, 9.17) is 5.73 Å². The summed E-state index contributed by atoms with van der Waals surface area (Å²) in [7, 11) is 0. The van der Waals surface area contributed by atoms with Gasteiger partial charge in [-0.25, -0.2) is 9.97 Å². The summed E-state index contributed by atoms with van der Waals surface area (Å²) in [6.45, 7) is 1.99. The van der Waals surface area contributed by atoms with Crippen LogP contribution >= 0.6 is 11.8 Å². The van der Waals surface area contributed by atoms with Crippen molar-refractivity contribution in [3.05, 3.63) is 11.8 Å². The molecular formula is C16H23N3S. The summed E-state index contributed by atoms with van der Waals surface area (Å²) in [6, 6.07) is 1.84. The van der Waals surface area contributed by atoms with E-state index in [2.05, 4.69) is 9.97 Å². The summed E-state index contributed by atoms with van der Waals surface area (Å²) in [6.07, 6.45) is 8.89. The minimum atomic E-state index is 0.585. The quantitative estimate of drug-likeness (QED) is 0.681. The normalized spacial score (nSPS) is 38.4. The minimum Gasteiger partial charge on any atom is -0.384 e. The molecule has 5 rings (SSSR count). The van der Waals surface area contributed by atoms with Crippen molar-refractivity contribution in [3.8, 4) is 0 Å². The standard InChI is InChI=1S/C16H23N3S/c1-10-2-14(17)19-15(18-10)20-9-16-6-11-3-12(7-16)5-13(4-11)8-16/h2,11-13H,3-9H2,1H3,(H2,17,18,19). The lowest BCUT2D eigenvalue weighted by molar-refractivity contribution is -0.0381. The van der Waals surface area contributed by atoms with E-state index in [0.717, 1.165) is 28.6 Å². The fourth-order valence-electron chi connectivity index (χ4n) is 5.31. The molecule has 4 heteroatoms. The van der Waals surface area contributed by atoms with Crippen LogP contribution in [-0.2, 0) is 0 Å². The molecule has 0 unspecified atom stereocenters. The summed E-state index contributed by atoms with van der Waals surface area (Å²) in [5.41, 5.74) is 7.39. The molecule has 1 aromatic heterocycles. The van der Waals surface area contributed by atoms with Gasteiger partial charge in [0.1, 0.15) is 5.82 Å². The second-order valence-corrected chi connectivity index (χ2v) is 8.37. The van der Waals surface area contributed by atoms with Crippen molar-refractivity contribution in [1.82, 2.24) is 9.97 Å². The lowest BCUT2D eigenvalue weighted by atomic mass is 9.50. The first-order valence-corrected chi connectivity index (χ1v) is 8.83. The number of nitrogen functional groups attached to an aromatic ring is 1. The molecule has 0 aromatic carbocycles. The van der Waals surface area contributed by atoms with Gasteiger partial charge >= 0.3 is 0 Å². The Bertz CT molecular complexity index is 473. The number of nitrogens with two attached hydrogens (primary N) is 1. The molecule has 4 aliphatic rings. The van der Waals surface area contributed by atoms with Crippen LogP contribution in [0.3, 0.4) is 0 Å². The van der Waals surface area contributed by atoms with Gasteiger partial charge in [-0.2, -0.15) is 0 Å². The summed E-state index contributed by atoms with van der Waals surface area (Å²) in [5, 5.41) is 0.873. The zero-order valence-electron chi connectivity index (χ0n) is 12.1. The van der Waals surface area contributed by atoms with Crippen molar-refractivity contribution in [2.75, 3.05) is 11.5 Å². The van der Waals surface area contributed by atoms with Crippen LogP contribution < -0.4 is 5.73 Å². The summed E-state index contributed by atoms with van der Waals surface area (Å²) in [4.78, 5) is 8.90. The SMILES string of the molecule is Cc1cc(N)nc(SCC23CC4CC(CC(C4)C2)C3)n1. The number of nitrogens with zero attached hydrogens (tertiary/aromatic N) is 2. The van der Waals surface area contributed by atoms with Crippen LogP contribution in [-0.4, -0.2) is 15.7 Å². The second-order valence-electron chi connectivity index (χ2n) is 7.42. The highest BCUT2D eigenvalue weighted by molar-refractivity contribution is 7.99. The molecule has 4 saturated carbocycles. The molecule has 1 heterocycles. The van der Waals surface area contributed by atoms with E-state index >= 15 is 0 Å². The van der Waals surface area contributed by atoms with Crippen molar-refractivity contribution in [2.45, 2.75) is 50.6 Å². The molecule has 108 valence electrons. The van der Waals surface area contributed by atoms with Gasteiger partial charge in [0.25, 0.3) is 0 Å². The molecule has 4 aliphatic carbocycles.